The number of anilines is 1. The summed E-state index contributed by atoms with van der Waals surface area (Å²) < 4.78 is 5.53. The molecule has 0 aliphatic carbocycles. The summed E-state index contributed by atoms with van der Waals surface area (Å²) in [6.07, 6.45) is -0.707. The van der Waals surface area contributed by atoms with Gasteiger partial charge in [-0.25, -0.2) is 0 Å². The highest BCUT2D eigenvalue weighted by Gasteiger charge is 2.27. The predicted octanol–water partition coefficient (Wildman–Crippen LogP) is 1.98. The average molecular weight is 310 g/mol. The summed E-state index contributed by atoms with van der Waals surface area (Å²) in [6.45, 7) is 1.63. The Morgan fingerprint density at radius 1 is 1.04 bits per heavy atom. The van der Waals surface area contributed by atoms with Crippen molar-refractivity contribution in [1.82, 2.24) is 5.32 Å². The molecule has 0 saturated heterocycles. The summed E-state index contributed by atoms with van der Waals surface area (Å²) in [5.41, 5.74) is 0.994. The van der Waals surface area contributed by atoms with E-state index in [1.165, 1.54) is 12.1 Å². The van der Waals surface area contributed by atoms with Gasteiger partial charge in [0.1, 0.15) is 5.75 Å². The minimum absolute atomic E-state index is 0.254. The fourth-order valence-corrected chi connectivity index (χ4v) is 2.25. The van der Waals surface area contributed by atoms with Crippen LogP contribution in [0.3, 0.4) is 0 Å². The summed E-state index contributed by atoms with van der Waals surface area (Å²) in [7, 11) is 0. The molecule has 1 atom stereocenters. The number of nitrogens with one attached hydrogen (secondary N) is 2. The first-order valence-corrected chi connectivity index (χ1v) is 7.07. The molecule has 116 valence electrons. The molecule has 0 spiro atoms. The lowest BCUT2D eigenvalue weighted by Crippen LogP contribution is -2.30. The Hall–Kier alpha value is -3.15. The van der Waals surface area contributed by atoms with Gasteiger partial charge in [-0.3, -0.25) is 19.7 Å². The van der Waals surface area contributed by atoms with Gasteiger partial charge in [-0.05, 0) is 37.3 Å². The van der Waals surface area contributed by atoms with Crippen molar-refractivity contribution in [3.8, 4) is 5.75 Å². The minimum Gasteiger partial charge on any atom is -0.481 e. The maximum Gasteiger partial charge on any atom is 0.265 e. The first-order valence-electron chi connectivity index (χ1n) is 7.07. The molecule has 1 aliphatic heterocycles. The van der Waals surface area contributed by atoms with Crippen LogP contribution in [0.2, 0.25) is 0 Å². The normalized spacial score (nSPS) is 14.0. The fourth-order valence-electron chi connectivity index (χ4n) is 2.25. The largest absolute Gasteiger partial charge is 0.481 e. The lowest BCUT2D eigenvalue weighted by molar-refractivity contribution is -0.122. The molecule has 3 rings (SSSR count). The standard InChI is InChI=1S/C17H14N2O4/c1-10(23-12-5-3-2-4-6-12)15(20)18-11-7-8-13-14(9-11)17(22)19-16(13)21/h2-10H,1H3,(H,18,20)(H,19,21,22)/t10-/m1/s1. The molecule has 0 radical (unpaired) electrons. The van der Waals surface area contributed by atoms with E-state index in [0.29, 0.717) is 17.0 Å². The highest BCUT2D eigenvalue weighted by Crippen LogP contribution is 2.20. The third kappa shape index (κ3) is 3.06. The zero-order valence-corrected chi connectivity index (χ0v) is 12.3. The van der Waals surface area contributed by atoms with Gasteiger partial charge in [0.2, 0.25) is 0 Å². The van der Waals surface area contributed by atoms with Crippen molar-refractivity contribution in [3.05, 3.63) is 59.7 Å². The number of carbonyl (C=O) groups excluding carboxylic acids is 3. The summed E-state index contributed by atoms with van der Waals surface area (Å²) in [6, 6.07) is 13.6. The van der Waals surface area contributed by atoms with Crippen LogP contribution >= 0.6 is 0 Å². The van der Waals surface area contributed by atoms with Gasteiger partial charge in [0, 0.05) is 5.69 Å². The van der Waals surface area contributed by atoms with Crippen molar-refractivity contribution < 1.29 is 19.1 Å². The Balaban J connectivity index is 1.70. The molecule has 3 amide bonds. The second-order valence-corrected chi connectivity index (χ2v) is 5.11. The minimum atomic E-state index is -0.707. The molecule has 23 heavy (non-hydrogen) atoms. The third-order valence-electron chi connectivity index (χ3n) is 3.43. The lowest BCUT2D eigenvalue weighted by Gasteiger charge is -2.14. The van der Waals surface area contributed by atoms with Crippen molar-refractivity contribution in [1.29, 1.82) is 0 Å². The Morgan fingerprint density at radius 3 is 2.48 bits per heavy atom. The number of para-hydroxylation sites is 1. The number of imide groups is 1. The van der Waals surface area contributed by atoms with E-state index in [4.69, 9.17) is 4.74 Å². The van der Waals surface area contributed by atoms with Crippen molar-refractivity contribution >= 4 is 23.4 Å². The molecule has 0 saturated carbocycles. The van der Waals surface area contributed by atoms with Crippen LogP contribution in [0.4, 0.5) is 5.69 Å². The topological polar surface area (TPSA) is 84.5 Å². The molecule has 0 unspecified atom stereocenters. The first kappa shape index (κ1) is 14.8. The van der Waals surface area contributed by atoms with Crippen LogP contribution in [0.25, 0.3) is 0 Å². The van der Waals surface area contributed by atoms with Crippen LogP contribution in [0.1, 0.15) is 27.6 Å². The van der Waals surface area contributed by atoms with Crippen LogP contribution in [0, 0.1) is 0 Å². The maximum atomic E-state index is 12.2. The van der Waals surface area contributed by atoms with Crippen molar-refractivity contribution in [2.75, 3.05) is 5.32 Å². The summed E-state index contributed by atoms with van der Waals surface area (Å²) >= 11 is 0. The molecule has 1 aliphatic rings. The van der Waals surface area contributed by atoms with Gasteiger partial charge in [0.05, 0.1) is 11.1 Å². The molecule has 0 bridgehead atoms. The summed E-state index contributed by atoms with van der Waals surface area (Å²) in [5, 5.41) is 4.87. The van der Waals surface area contributed by atoms with Gasteiger partial charge in [-0.1, -0.05) is 18.2 Å². The lowest BCUT2D eigenvalue weighted by atomic mass is 10.1. The Labute approximate surface area is 132 Å². The maximum absolute atomic E-state index is 12.2. The summed E-state index contributed by atoms with van der Waals surface area (Å²) in [4.78, 5) is 35.3. The number of rotatable bonds is 4. The number of benzene rings is 2. The average Bonchev–Trinajstić information content (AvgIpc) is 2.82. The molecule has 2 aromatic carbocycles. The molecule has 0 fully saturated rings. The highest BCUT2D eigenvalue weighted by atomic mass is 16.5. The zero-order chi connectivity index (χ0) is 16.4. The van der Waals surface area contributed by atoms with Gasteiger partial charge in [-0.2, -0.15) is 0 Å². The van der Waals surface area contributed by atoms with E-state index in [1.54, 1.807) is 25.1 Å². The molecule has 6 heteroatoms. The highest BCUT2D eigenvalue weighted by molar-refractivity contribution is 6.22. The third-order valence-corrected chi connectivity index (χ3v) is 3.43. The molecular weight excluding hydrogens is 296 g/mol. The second kappa shape index (κ2) is 5.92. The molecule has 2 aromatic rings. The van der Waals surface area contributed by atoms with Crippen LogP contribution in [-0.2, 0) is 4.79 Å². The Morgan fingerprint density at radius 2 is 1.74 bits per heavy atom. The monoisotopic (exact) mass is 310 g/mol. The molecular formula is C17H14N2O4. The molecule has 6 nitrogen and oxygen atoms in total. The predicted molar refractivity (Wildman–Crippen MR) is 83.4 cm³/mol. The van der Waals surface area contributed by atoms with Gasteiger partial charge in [0.25, 0.3) is 17.7 Å². The number of ether oxygens (including phenoxy) is 1. The van der Waals surface area contributed by atoms with E-state index in [9.17, 15) is 14.4 Å². The smallest absolute Gasteiger partial charge is 0.265 e. The number of carbonyl (C=O) groups is 3. The van der Waals surface area contributed by atoms with Crippen molar-refractivity contribution in [2.45, 2.75) is 13.0 Å². The fraction of sp³-hybridized carbons (Fsp3) is 0.118. The van der Waals surface area contributed by atoms with E-state index < -0.39 is 17.9 Å². The molecule has 0 aromatic heterocycles. The molecule has 1 heterocycles. The number of amides is 3. The second-order valence-electron chi connectivity index (χ2n) is 5.11. The van der Waals surface area contributed by atoms with Gasteiger partial charge >= 0.3 is 0 Å². The van der Waals surface area contributed by atoms with Crippen molar-refractivity contribution in [2.24, 2.45) is 0 Å². The summed E-state index contributed by atoms with van der Waals surface area (Å²) in [5.74, 6) is -0.647. The van der Waals surface area contributed by atoms with E-state index in [0.717, 1.165) is 0 Å². The molecule has 2 N–H and O–H groups in total. The van der Waals surface area contributed by atoms with Gasteiger partial charge in [0.15, 0.2) is 6.10 Å². The van der Waals surface area contributed by atoms with E-state index in [-0.39, 0.29) is 11.5 Å². The van der Waals surface area contributed by atoms with Crippen LogP contribution in [0.5, 0.6) is 5.75 Å². The number of fused-ring (bicyclic) bond motifs is 1. The van der Waals surface area contributed by atoms with E-state index >= 15 is 0 Å². The van der Waals surface area contributed by atoms with Crippen LogP contribution in [-0.4, -0.2) is 23.8 Å². The van der Waals surface area contributed by atoms with Gasteiger partial charge in [-0.15, -0.1) is 0 Å². The van der Waals surface area contributed by atoms with E-state index in [2.05, 4.69) is 10.6 Å². The SMILES string of the molecule is C[C@@H](Oc1ccccc1)C(=O)Nc1ccc2c(c1)C(=O)NC2=O. The quantitative estimate of drug-likeness (QED) is 0.846. The number of hydrogen-bond donors (Lipinski definition) is 2. The Kier molecular flexibility index (Phi) is 3.80. The number of hydrogen-bond acceptors (Lipinski definition) is 4. The zero-order valence-electron chi connectivity index (χ0n) is 12.3. The van der Waals surface area contributed by atoms with Crippen LogP contribution < -0.4 is 15.4 Å². The van der Waals surface area contributed by atoms with Crippen molar-refractivity contribution in [3.63, 3.8) is 0 Å². The van der Waals surface area contributed by atoms with Gasteiger partial charge < -0.3 is 10.1 Å². The van der Waals surface area contributed by atoms with Crippen LogP contribution in [0.15, 0.2) is 48.5 Å². The first-order chi connectivity index (χ1) is 11.0. The van der Waals surface area contributed by atoms with E-state index in [1.807, 2.05) is 18.2 Å². The Bertz CT molecular complexity index is 786.